The molecule has 1 rings (SSSR count). The van der Waals surface area contributed by atoms with Crippen LogP contribution in [0.15, 0.2) is 0 Å². The highest BCUT2D eigenvalue weighted by Gasteiger charge is 2.33. The van der Waals surface area contributed by atoms with Crippen LogP contribution in [-0.2, 0) is 14.3 Å². The summed E-state index contributed by atoms with van der Waals surface area (Å²) >= 11 is 0. The molecule has 16 heavy (non-hydrogen) atoms. The molecule has 0 aromatic carbocycles. The maximum absolute atomic E-state index is 11.6. The van der Waals surface area contributed by atoms with Gasteiger partial charge in [-0.1, -0.05) is 0 Å². The second kappa shape index (κ2) is 4.82. The molecular weight excluding hydrogens is 208 g/mol. The molecule has 0 saturated carbocycles. The molecule has 1 amide bonds. The van der Waals surface area contributed by atoms with E-state index < -0.39 is 5.41 Å². The van der Waals surface area contributed by atoms with Crippen LogP contribution in [0.3, 0.4) is 0 Å². The molecule has 0 aliphatic carbocycles. The lowest BCUT2D eigenvalue weighted by molar-refractivity contribution is -0.150. The Labute approximate surface area is 96.1 Å². The summed E-state index contributed by atoms with van der Waals surface area (Å²) in [5.41, 5.74) is -0.601. The minimum Gasteiger partial charge on any atom is -0.469 e. The number of rotatable bonds is 4. The normalized spacial score (nSPS) is 21.4. The summed E-state index contributed by atoms with van der Waals surface area (Å²) in [4.78, 5) is 24.7. The van der Waals surface area contributed by atoms with Gasteiger partial charge in [0, 0.05) is 20.1 Å². The number of likely N-dealkylation sites (N-methyl/N-ethyl adjacent to an activating group) is 1. The SMILES string of the molecule is COC(=O)C(C)(C)CNC1CCN(C)C1=O. The Morgan fingerprint density at radius 1 is 1.62 bits per heavy atom. The maximum Gasteiger partial charge on any atom is 0.312 e. The predicted octanol–water partition coefficient (Wildman–Crippen LogP) is 0.00590. The Balaban J connectivity index is 2.46. The monoisotopic (exact) mass is 228 g/mol. The fraction of sp³-hybridized carbons (Fsp3) is 0.818. The summed E-state index contributed by atoms with van der Waals surface area (Å²) in [5.74, 6) is -0.167. The molecule has 1 unspecified atom stereocenters. The molecule has 92 valence electrons. The smallest absolute Gasteiger partial charge is 0.312 e. The van der Waals surface area contributed by atoms with Crippen LogP contribution in [0, 0.1) is 5.41 Å². The molecule has 5 heteroatoms. The van der Waals surface area contributed by atoms with E-state index in [0.29, 0.717) is 6.54 Å². The molecule has 1 aliphatic heterocycles. The van der Waals surface area contributed by atoms with Gasteiger partial charge in [0.15, 0.2) is 0 Å². The van der Waals surface area contributed by atoms with Crippen LogP contribution < -0.4 is 5.32 Å². The van der Waals surface area contributed by atoms with Gasteiger partial charge in [-0.3, -0.25) is 9.59 Å². The Hall–Kier alpha value is -1.10. The number of ether oxygens (including phenoxy) is 1. The van der Waals surface area contributed by atoms with Gasteiger partial charge in [0.25, 0.3) is 0 Å². The standard InChI is InChI=1S/C11H20N2O3/c1-11(2,10(15)16-4)7-12-8-5-6-13(3)9(8)14/h8,12H,5-7H2,1-4H3. The molecule has 0 aromatic heterocycles. The summed E-state index contributed by atoms with van der Waals surface area (Å²) in [6, 6.07) is -0.158. The van der Waals surface area contributed by atoms with E-state index in [1.54, 1.807) is 25.8 Å². The van der Waals surface area contributed by atoms with E-state index in [-0.39, 0.29) is 17.9 Å². The van der Waals surface area contributed by atoms with Crippen LogP contribution in [0.5, 0.6) is 0 Å². The molecule has 5 nitrogen and oxygen atoms in total. The van der Waals surface area contributed by atoms with Gasteiger partial charge in [0.2, 0.25) is 5.91 Å². The number of nitrogens with zero attached hydrogens (tertiary/aromatic N) is 1. The average Bonchev–Trinajstić information content (AvgIpc) is 2.56. The lowest BCUT2D eigenvalue weighted by Crippen LogP contribution is -2.44. The van der Waals surface area contributed by atoms with Gasteiger partial charge >= 0.3 is 5.97 Å². The summed E-state index contributed by atoms with van der Waals surface area (Å²) in [7, 11) is 3.16. The van der Waals surface area contributed by atoms with Gasteiger partial charge in [0.05, 0.1) is 18.6 Å². The van der Waals surface area contributed by atoms with E-state index in [2.05, 4.69) is 5.32 Å². The Morgan fingerprint density at radius 2 is 2.25 bits per heavy atom. The molecule has 1 atom stereocenters. The third kappa shape index (κ3) is 2.72. The minimum atomic E-state index is -0.601. The minimum absolute atomic E-state index is 0.0978. The van der Waals surface area contributed by atoms with Crippen molar-refractivity contribution in [3.8, 4) is 0 Å². The lowest BCUT2D eigenvalue weighted by atomic mass is 9.93. The fourth-order valence-electron chi connectivity index (χ4n) is 1.74. The first-order valence-electron chi connectivity index (χ1n) is 5.45. The zero-order chi connectivity index (χ0) is 12.3. The van der Waals surface area contributed by atoms with Crippen molar-refractivity contribution in [2.75, 3.05) is 27.2 Å². The highest BCUT2D eigenvalue weighted by Crippen LogP contribution is 2.17. The molecular formula is C11H20N2O3. The van der Waals surface area contributed by atoms with Crippen LogP contribution in [0.25, 0.3) is 0 Å². The summed E-state index contributed by atoms with van der Waals surface area (Å²) in [5, 5.41) is 3.13. The van der Waals surface area contributed by atoms with Crippen LogP contribution in [-0.4, -0.2) is 50.1 Å². The van der Waals surface area contributed by atoms with Crippen molar-refractivity contribution in [3.63, 3.8) is 0 Å². The predicted molar refractivity (Wildman–Crippen MR) is 59.8 cm³/mol. The topological polar surface area (TPSA) is 58.6 Å². The molecule has 1 N–H and O–H groups in total. The zero-order valence-corrected chi connectivity index (χ0v) is 10.4. The highest BCUT2D eigenvalue weighted by molar-refractivity contribution is 5.83. The van der Waals surface area contributed by atoms with Gasteiger partial charge in [-0.25, -0.2) is 0 Å². The maximum atomic E-state index is 11.6. The van der Waals surface area contributed by atoms with E-state index in [4.69, 9.17) is 4.74 Å². The number of nitrogens with one attached hydrogen (secondary N) is 1. The van der Waals surface area contributed by atoms with Crippen LogP contribution in [0.4, 0.5) is 0 Å². The van der Waals surface area contributed by atoms with Crippen LogP contribution >= 0.6 is 0 Å². The quantitative estimate of drug-likeness (QED) is 0.688. The molecule has 1 fully saturated rings. The van der Waals surface area contributed by atoms with Crippen molar-refractivity contribution in [2.24, 2.45) is 5.41 Å². The van der Waals surface area contributed by atoms with Crippen molar-refractivity contribution in [1.29, 1.82) is 0 Å². The Morgan fingerprint density at radius 3 is 2.69 bits per heavy atom. The Kier molecular flexibility index (Phi) is 3.91. The first-order valence-corrected chi connectivity index (χ1v) is 5.45. The molecule has 1 saturated heterocycles. The molecule has 0 spiro atoms. The Bertz CT molecular complexity index is 289. The van der Waals surface area contributed by atoms with E-state index >= 15 is 0 Å². The molecule has 0 bridgehead atoms. The number of likely N-dealkylation sites (tertiary alicyclic amines) is 1. The number of carbonyl (C=O) groups excluding carboxylic acids is 2. The van der Waals surface area contributed by atoms with Gasteiger partial charge < -0.3 is 15.0 Å². The molecule has 1 aliphatic rings. The number of esters is 1. The highest BCUT2D eigenvalue weighted by atomic mass is 16.5. The van der Waals surface area contributed by atoms with E-state index in [0.717, 1.165) is 13.0 Å². The van der Waals surface area contributed by atoms with E-state index in [1.807, 2.05) is 0 Å². The third-order valence-electron chi connectivity index (χ3n) is 2.96. The number of hydrogen-bond acceptors (Lipinski definition) is 4. The lowest BCUT2D eigenvalue weighted by Gasteiger charge is -2.23. The first-order chi connectivity index (χ1) is 7.38. The van der Waals surface area contributed by atoms with Crippen LogP contribution in [0.1, 0.15) is 20.3 Å². The zero-order valence-electron chi connectivity index (χ0n) is 10.4. The number of amides is 1. The fourth-order valence-corrected chi connectivity index (χ4v) is 1.74. The van der Waals surface area contributed by atoms with Crippen molar-refractivity contribution in [3.05, 3.63) is 0 Å². The van der Waals surface area contributed by atoms with Gasteiger partial charge in [-0.05, 0) is 20.3 Å². The van der Waals surface area contributed by atoms with Gasteiger partial charge in [-0.15, -0.1) is 0 Å². The summed E-state index contributed by atoms with van der Waals surface area (Å²) < 4.78 is 4.70. The molecule has 0 aromatic rings. The summed E-state index contributed by atoms with van der Waals surface area (Å²) in [6.45, 7) is 4.82. The number of hydrogen-bond donors (Lipinski definition) is 1. The second-order valence-corrected chi connectivity index (χ2v) is 4.86. The van der Waals surface area contributed by atoms with Crippen molar-refractivity contribution in [2.45, 2.75) is 26.3 Å². The first kappa shape index (κ1) is 13.0. The van der Waals surface area contributed by atoms with Crippen molar-refractivity contribution < 1.29 is 14.3 Å². The largest absolute Gasteiger partial charge is 0.469 e. The number of methoxy groups -OCH3 is 1. The van der Waals surface area contributed by atoms with Crippen molar-refractivity contribution >= 4 is 11.9 Å². The average molecular weight is 228 g/mol. The summed E-state index contributed by atoms with van der Waals surface area (Å²) in [6.07, 6.45) is 0.798. The van der Waals surface area contributed by atoms with E-state index in [9.17, 15) is 9.59 Å². The second-order valence-electron chi connectivity index (χ2n) is 4.86. The third-order valence-corrected chi connectivity index (χ3v) is 2.96. The molecule has 1 heterocycles. The van der Waals surface area contributed by atoms with Gasteiger partial charge in [-0.2, -0.15) is 0 Å². The van der Waals surface area contributed by atoms with Gasteiger partial charge in [0.1, 0.15) is 0 Å². The van der Waals surface area contributed by atoms with Crippen molar-refractivity contribution in [1.82, 2.24) is 10.2 Å². The molecule has 0 radical (unpaired) electrons. The van der Waals surface area contributed by atoms with Crippen LogP contribution in [0.2, 0.25) is 0 Å². The number of carbonyl (C=O) groups is 2. The van der Waals surface area contributed by atoms with E-state index in [1.165, 1.54) is 7.11 Å².